The lowest BCUT2D eigenvalue weighted by Crippen LogP contribution is -2.05. The molecule has 0 spiro atoms. The van der Waals surface area contributed by atoms with Crippen molar-refractivity contribution in [3.8, 4) is 11.5 Å². The normalized spacial score (nSPS) is 13.1. The maximum atomic E-state index is 11.1. The van der Waals surface area contributed by atoms with E-state index in [1.807, 2.05) is 24.3 Å². The van der Waals surface area contributed by atoms with Gasteiger partial charge in [0.2, 0.25) is 0 Å². The molecule has 2 aromatic rings. The number of methoxy groups -OCH3 is 1. The summed E-state index contributed by atoms with van der Waals surface area (Å²) in [5.74, 6) is 2.20. The van der Waals surface area contributed by atoms with E-state index in [0.29, 0.717) is 17.6 Å². The number of hydrogen-bond donors (Lipinski definition) is 0. The van der Waals surface area contributed by atoms with Crippen LogP contribution < -0.4 is 9.47 Å². The number of ether oxygens (including phenoxy) is 2. The topological polar surface area (TPSA) is 35.5 Å². The van der Waals surface area contributed by atoms with Crippen molar-refractivity contribution < 1.29 is 14.3 Å². The summed E-state index contributed by atoms with van der Waals surface area (Å²) in [5.41, 5.74) is 2.52. The van der Waals surface area contributed by atoms with Gasteiger partial charge in [0.25, 0.3) is 0 Å². The van der Waals surface area contributed by atoms with Gasteiger partial charge in [0.05, 0.1) is 7.11 Å². The smallest absolute Gasteiger partial charge is 0.308 e. The Balaban J connectivity index is 2.24. The Kier molecular flexibility index (Phi) is 7.05. The fourth-order valence-corrected chi connectivity index (χ4v) is 2.95. The van der Waals surface area contributed by atoms with Crippen molar-refractivity contribution in [1.29, 1.82) is 0 Å². The van der Waals surface area contributed by atoms with Crippen molar-refractivity contribution in [3.05, 3.63) is 59.7 Å². The molecular weight excluding hydrogens is 312 g/mol. The maximum absolute atomic E-state index is 11.1. The molecular formula is C22H28O3. The zero-order valence-corrected chi connectivity index (χ0v) is 15.6. The fourth-order valence-electron chi connectivity index (χ4n) is 2.95. The van der Waals surface area contributed by atoms with E-state index in [-0.39, 0.29) is 5.97 Å². The van der Waals surface area contributed by atoms with Gasteiger partial charge in [-0.15, -0.1) is 0 Å². The monoisotopic (exact) mass is 340 g/mol. The van der Waals surface area contributed by atoms with Gasteiger partial charge < -0.3 is 9.47 Å². The molecule has 2 unspecified atom stereocenters. The summed E-state index contributed by atoms with van der Waals surface area (Å²) in [4.78, 5) is 11.1. The summed E-state index contributed by atoms with van der Waals surface area (Å²) >= 11 is 0. The second kappa shape index (κ2) is 9.26. The highest BCUT2D eigenvalue weighted by molar-refractivity contribution is 5.69. The molecule has 3 heteroatoms. The van der Waals surface area contributed by atoms with Gasteiger partial charge in [0.15, 0.2) is 0 Å². The van der Waals surface area contributed by atoms with Gasteiger partial charge in [-0.2, -0.15) is 0 Å². The van der Waals surface area contributed by atoms with Crippen molar-refractivity contribution in [2.45, 2.75) is 46.0 Å². The van der Waals surface area contributed by atoms with Crippen LogP contribution in [0.25, 0.3) is 0 Å². The highest BCUT2D eigenvalue weighted by Gasteiger charge is 2.16. The van der Waals surface area contributed by atoms with Gasteiger partial charge in [0.1, 0.15) is 11.5 Å². The van der Waals surface area contributed by atoms with Gasteiger partial charge >= 0.3 is 5.97 Å². The predicted molar refractivity (Wildman–Crippen MR) is 101 cm³/mol. The van der Waals surface area contributed by atoms with Crippen LogP contribution in [-0.2, 0) is 4.79 Å². The molecule has 3 nitrogen and oxygen atoms in total. The first kappa shape index (κ1) is 19.0. The minimum Gasteiger partial charge on any atom is -0.497 e. The largest absolute Gasteiger partial charge is 0.497 e. The number of rotatable bonds is 8. The molecule has 0 N–H and O–H groups in total. The summed E-state index contributed by atoms with van der Waals surface area (Å²) in [6.45, 7) is 5.95. The van der Waals surface area contributed by atoms with Crippen molar-refractivity contribution in [2.24, 2.45) is 5.92 Å². The van der Waals surface area contributed by atoms with Crippen LogP contribution in [0, 0.1) is 5.92 Å². The van der Waals surface area contributed by atoms with Crippen LogP contribution in [0.15, 0.2) is 48.5 Å². The third-order valence-electron chi connectivity index (χ3n) is 4.71. The number of carbonyl (C=O) groups excluding carboxylic acids is 1. The van der Waals surface area contributed by atoms with Crippen molar-refractivity contribution in [2.75, 3.05) is 7.11 Å². The fraction of sp³-hybridized carbons (Fsp3) is 0.409. The van der Waals surface area contributed by atoms with E-state index in [2.05, 4.69) is 38.1 Å². The Morgan fingerprint density at radius 1 is 0.920 bits per heavy atom. The van der Waals surface area contributed by atoms with Crippen LogP contribution in [0.1, 0.15) is 57.1 Å². The lowest BCUT2D eigenvalue weighted by Gasteiger charge is -2.20. The molecule has 0 aliphatic rings. The Bertz CT molecular complexity index is 659. The zero-order valence-electron chi connectivity index (χ0n) is 15.6. The van der Waals surface area contributed by atoms with Crippen LogP contribution in [0.5, 0.6) is 11.5 Å². The number of esters is 1. The Morgan fingerprint density at radius 3 is 1.88 bits per heavy atom. The second-order valence-electron chi connectivity index (χ2n) is 6.58. The molecule has 134 valence electrons. The summed E-state index contributed by atoms with van der Waals surface area (Å²) in [7, 11) is 1.68. The molecule has 0 amide bonds. The van der Waals surface area contributed by atoms with E-state index in [1.165, 1.54) is 30.9 Å². The molecule has 0 saturated carbocycles. The van der Waals surface area contributed by atoms with Gasteiger partial charge in [0, 0.05) is 12.8 Å². The van der Waals surface area contributed by atoms with Gasteiger partial charge in [-0.05, 0) is 54.2 Å². The molecule has 2 aromatic carbocycles. The average Bonchev–Trinajstić information content (AvgIpc) is 2.63. The predicted octanol–water partition coefficient (Wildman–Crippen LogP) is 5.58. The van der Waals surface area contributed by atoms with Crippen LogP contribution in [0.3, 0.4) is 0 Å². The molecule has 0 aliphatic carbocycles. The molecule has 0 fully saturated rings. The van der Waals surface area contributed by atoms with Crippen molar-refractivity contribution >= 4 is 5.97 Å². The standard InChI is InChI=1S/C22H28O3/c1-5-16(2)6-15-22(18-7-11-20(24-4)12-8-18)19-9-13-21(14-10-19)25-17(3)23/h7-14,16,22H,5-6,15H2,1-4H3. The highest BCUT2D eigenvalue weighted by atomic mass is 16.5. The Hall–Kier alpha value is -2.29. The summed E-state index contributed by atoms with van der Waals surface area (Å²) < 4.78 is 10.4. The lowest BCUT2D eigenvalue weighted by atomic mass is 9.85. The van der Waals surface area contributed by atoms with E-state index >= 15 is 0 Å². The first-order chi connectivity index (χ1) is 12.0. The van der Waals surface area contributed by atoms with Crippen molar-refractivity contribution in [3.63, 3.8) is 0 Å². The highest BCUT2D eigenvalue weighted by Crippen LogP contribution is 2.33. The van der Waals surface area contributed by atoms with Gasteiger partial charge in [-0.1, -0.05) is 44.5 Å². The van der Waals surface area contributed by atoms with Crippen LogP contribution in [-0.4, -0.2) is 13.1 Å². The molecule has 0 saturated heterocycles. The molecule has 2 rings (SSSR count). The molecule has 2 atom stereocenters. The number of carbonyl (C=O) groups is 1. The first-order valence-corrected chi connectivity index (χ1v) is 8.95. The molecule has 25 heavy (non-hydrogen) atoms. The minimum atomic E-state index is -0.295. The quantitative estimate of drug-likeness (QED) is 0.465. The molecule has 0 bridgehead atoms. The van der Waals surface area contributed by atoms with Crippen molar-refractivity contribution in [1.82, 2.24) is 0 Å². The third kappa shape index (κ3) is 5.63. The van der Waals surface area contributed by atoms with E-state index < -0.39 is 0 Å². The van der Waals surface area contributed by atoms with Crippen LogP contribution in [0.4, 0.5) is 0 Å². The third-order valence-corrected chi connectivity index (χ3v) is 4.71. The van der Waals surface area contributed by atoms with E-state index in [1.54, 1.807) is 7.11 Å². The van der Waals surface area contributed by atoms with E-state index in [4.69, 9.17) is 9.47 Å². The Labute approximate surface area is 151 Å². The summed E-state index contributed by atoms with van der Waals surface area (Å²) in [5, 5.41) is 0. The second-order valence-corrected chi connectivity index (χ2v) is 6.58. The van der Waals surface area contributed by atoms with Crippen LogP contribution >= 0.6 is 0 Å². The maximum Gasteiger partial charge on any atom is 0.308 e. The molecule has 0 aliphatic heterocycles. The van der Waals surface area contributed by atoms with E-state index in [9.17, 15) is 4.79 Å². The molecule has 0 radical (unpaired) electrons. The molecule has 0 heterocycles. The SMILES string of the molecule is CCC(C)CCC(c1ccc(OC)cc1)c1ccc(OC(C)=O)cc1. The van der Waals surface area contributed by atoms with E-state index in [0.717, 1.165) is 12.2 Å². The van der Waals surface area contributed by atoms with Gasteiger partial charge in [-0.3, -0.25) is 4.79 Å². The Morgan fingerprint density at radius 2 is 1.44 bits per heavy atom. The molecule has 0 aromatic heterocycles. The zero-order chi connectivity index (χ0) is 18.2. The summed E-state index contributed by atoms with van der Waals surface area (Å²) in [6.07, 6.45) is 3.47. The average molecular weight is 340 g/mol. The summed E-state index contributed by atoms with van der Waals surface area (Å²) in [6, 6.07) is 16.2. The minimum absolute atomic E-state index is 0.295. The first-order valence-electron chi connectivity index (χ1n) is 8.95. The van der Waals surface area contributed by atoms with Crippen LogP contribution in [0.2, 0.25) is 0 Å². The van der Waals surface area contributed by atoms with Gasteiger partial charge in [-0.25, -0.2) is 0 Å². The number of hydrogen-bond acceptors (Lipinski definition) is 3. The number of benzene rings is 2. The lowest BCUT2D eigenvalue weighted by molar-refractivity contribution is -0.131.